The number of methoxy groups -OCH3 is 1. The highest BCUT2D eigenvalue weighted by molar-refractivity contribution is 6.31. The van der Waals surface area contributed by atoms with Gasteiger partial charge in [0.1, 0.15) is 5.82 Å². The molecule has 1 saturated heterocycles. The molecular weight excluding hydrogens is 242 g/mol. The van der Waals surface area contributed by atoms with Crippen molar-refractivity contribution in [2.24, 2.45) is 0 Å². The summed E-state index contributed by atoms with van der Waals surface area (Å²) in [4.78, 5) is 16.1. The number of anilines is 1. The molecule has 0 amide bonds. The highest BCUT2D eigenvalue weighted by Crippen LogP contribution is 2.20. The molecule has 2 heterocycles. The third kappa shape index (κ3) is 2.57. The lowest BCUT2D eigenvalue weighted by Gasteiger charge is -2.10. The van der Waals surface area contributed by atoms with Crippen LogP contribution in [0.2, 0.25) is 5.02 Å². The minimum absolute atomic E-state index is 0.0670. The molecule has 0 aromatic carbocycles. The minimum atomic E-state index is -0.275. The molecule has 6 heteroatoms. The van der Waals surface area contributed by atoms with Crippen LogP contribution in [0.15, 0.2) is 12.3 Å². The summed E-state index contributed by atoms with van der Waals surface area (Å²) in [6, 6.07) is 1.27. The van der Waals surface area contributed by atoms with E-state index in [0.29, 0.717) is 23.6 Å². The van der Waals surface area contributed by atoms with Gasteiger partial charge in [-0.2, -0.15) is 0 Å². The minimum Gasteiger partial charge on any atom is -0.383 e. The molecule has 1 fully saturated rings. The number of rotatable bonds is 3. The Labute approximate surface area is 104 Å². The Morgan fingerprint density at radius 3 is 3.12 bits per heavy atom. The first kappa shape index (κ1) is 12.3. The van der Waals surface area contributed by atoms with E-state index in [4.69, 9.17) is 22.1 Å². The second-order valence-electron chi connectivity index (χ2n) is 4.00. The van der Waals surface area contributed by atoms with E-state index >= 15 is 0 Å². The molecule has 0 aliphatic carbocycles. The van der Waals surface area contributed by atoms with Crippen LogP contribution in [0.5, 0.6) is 0 Å². The molecule has 0 saturated carbocycles. The Balaban J connectivity index is 2.17. The molecule has 3 N–H and O–H groups in total. The van der Waals surface area contributed by atoms with Crippen LogP contribution in [-0.4, -0.2) is 36.6 Å². The van der Waals surface area contributed by atoms with Crippen LogP contribution in [-0.2, 0) is 4.74 Å². The summed E-state index contributed by atoms with van der Waals surface area (Å²) in [5, 5.41) is 3.51. The molecule has 0 spiro atoms. The van der Waals surface area contributed by atoms with Gasteiger partial charge in [-0.05, 0) is 12.5 Å². The van der Waals surface area contributed by atoms with Gasteiger partial charge in [0.2, 0.25) is 0 Å². The standard InChI is InChI=1S/C11H14ClN3O2/c1-17-7-3-9(14-5-7)10(16)8-2-6(12)4-15-11(8)13/h2,4,7,9,14H,3,5H2,1H3,(H2,13,15). The van der Waals surface area contributed by atoms with Gasteiger partial charge in [0, 0.05) is 19.9 Å². The molecule has 1 aliphatic rings. The van der Waals surface area contributed by atoms with Gasteiger partial charge >= 0.3 is 0 Å². The maximum Gasteiger partial charge on any atom is 0.183 e. The van der Waals surface area contributed by atoms with Crippen LogP contribution in [0, 0.1) is 0 Å². The van der Waals surface area contributed by atoms with Gasteiger partial charge in [0.15, 0.2) is 5.78 Å². The van der Waals surface area contributed by atoms with Crippen LogP contribution in [0.3, 0.4) is 0 Å². The predicted molar refractivity (Wildman–Crippen MR) is 65.2 cm³/mol. The van der Waals surface area contributed by atoms with Crippen molar-refractivity contribution < 1.29 is 9.53 Å². The van der Waals surface area contributed by atoms with E-state index in [1.54, 1.807) is 13.2 Å². The lowest BCUT2D eigenvalue weighted by Crippen LogP contribution is -2.31. The number of ketones is 1. The molecule has 1 aliphatic heterocycles. The number of halogens is 1. The Hall–Kier alpha value is -1.17. The molecule has 5 nitrogen and oxygen atoms in total. The fraction of sp³-hybridized carbons (Fsp3) is 0.455. The Bertz CT molecular complexity index is 439. The zero-order valence-corrected chi connectivity index (χ0v) is 10.2. The molecule has 0 bridgehead atoms. The summed E-state index contributed by atoms with van der Waals surface area (Å²) in [6.45, 7) is 0.667. The van der Waals surface area contributed by atoms with Gasteiger partial charge in [-0.25, -0.2) is 4.98 Å². The number of nitrogens with one attached hydrogen (secondary N) is 1. The lowest BCUT2D eigenvalue weighted by molar-refractivity contribution is 0.0919. The van der Waals surface area contributed by atoms with E-state index in [0.717, 1.165) is 0 Å². The highest BCUT2D eigenvalue weighted by atomic mass is 35.5. The zero-order valence-electron chi connectivity index (χ0n) is 9.44. The van der Waals surface area contributed by atoms with Gasteiger partial charge in [-0.3, -0.25) is 4.79 Å². The van der Waals surface area contributed by atoms with Crippen LogP contribution < -0.4 is 11.1 Å². The van der Waals surface area contributed by atoms with E-state index in [2.05, 4.69) is 10.3 Å². The number of carbonyl (C=O) groups is 1. The topological polar surface area (TPSA) is 77.2 Å². The molecule has 1 aromatic heterocycles. The Kier molecular flexibility index (Phi) is 3.61. The molecule has 2 rings (SSSR count). The van der Waals surface area contributed by atoms with Crippen molar-refractivity contribution in [2.75, 3.05) is 19.4 Å². The lowest BCUT2D eigenvalue weighted by atomic mass is 10.0. The molecule has 1 aromatic rings. The van der Waals surface area contributed by atoms with Crippen LogP contribution in [0.1, 0.15) is 16.8 Å². The van der Waals surface area contributed by atoms with Gasteiger partial charge < -0.3 is 15.8 Å². The summed E-state index contributed by atoms with van der Waals surface area (Å²) in [5.74, 6) is 0.124. The average Bonchev–Trinajstić information content (AvgIpc) is 2.80. The van der Waals surface area contributed by atoms with Gasteiger partial charge in [-0.1, -0.05) is 11.6 Å². The second-order valence-corrected chi connectivity index (χ2v) is 4.44. The Morgan fingerprint density at radius 2 is 2.47 bits per heavy atom. The maximum atomic E-state index is 12.2. The molecule has 2 atom stereocenters. The van der Waals surface area contributed by atoms with E-state index in [9.17, 15) is 4.79 Å². The number of pyridine rings is 1. The van der Waals surface area contributed by atoms with Crippen molar-refractivity contribution in [2.45, 2.75) is 18.6 Å². The van der Waals surface area contributed by atoms with Gasteiger partial charge in [-0.15, -0.1) is 0 Å². The van der Waals surface area contributed by atoms with Crippen molar-refractivity contribution in [1.29, 1.82) is 0 Å². The van der Waals surface area contributed by atoms with Gasteiger partial charge in [0.25, 0.3) is 0 Å². The summed E-state index contributed by atoms with van der Waals surface area (Å²) < 4.78 is 5.19. The first-order valence-electron chi connectivity index (χ1n) is 5.33. The second kappa shape index (κ2) is 5.00. The monoisotopic (exact) mass is 255 g/mol. The molecular formula is C11H14ClN3O2. The van der Waals surface area contributed by atoms with Crippen LogP contribution in [0.25, 0.3) is 0 Å². The molecule has 92 valence electrons. The number of hydrogen-bond acceptors (Lipinski definition) is 5. The maximum absolute atomic E-state index is 12.2. The van der Waals surface area contributed by atoms with Crippen molar-refractivity contribution in [1.82, 2.24) is 10.3 Å². The first-order chi connectivity index (χ1) is 8.11. The first-order valence-corrected chi connectivity index (χ1v) is 5.71. The SMILES string of the molecule is COC1CNC(C(=O)c2cc(Cl)cnc2N)C1. The fourth-order valence-electron chi connectivity index (χ4n) is 1.92. The summed E-state index contributed by atoms with van der Waals surface area (Å²) in [5.41, 5.74) is 6.04. The number of hydrogen-bond donors (Lipinski definition) is 2. The number of ether oxygens (including phenoxy) is 1. The summed E-state index contributed by atoms with van der Waals surface area (Å²) in [6.07, 6.45) is 2.13. The number of Topliss-reactive ketones (excluding diaryl/α,β-unsaturated/α-hetero) is 1. The third-order valence-corrected chi connectivity index (χ3v) is 3.10. The number of aromatic nitrogens is 1. The van der Waals surface area contributed by atoms with E-state index in [1.165, 1.54) is 6.20 Å². The van der Waals surface area contributed by atoms with Crippen LogP contribution >= 0.6 is 11.6 Å². The predicted octanol–water partition coefficient (Wildman–Crippen LogP) is 0.877. The molecule has 0 radical (unpaired) electrons. The number of nitrogens with zero attached hydrogens (tertiary/aromatic N) is 1. The van der Waals surface area contributed by atoms with E-state index < -0.39 is 0 Å². The van der Waals surface area contributed by atoms with Crippen molar-refractivity contribution >= 4 is 23.2 Å². The van der Waals surface area contributed by atoms with Crippen molar-refractivity contribution in [3.8, 4) is 0 Å². The number of carbonyl (C=O) groups excluding carboxylic acids is 1. The Morgan fingerprint density at radius 1 is 1.71 bits per heavy atom. The number of nitrogen functional groups attached to an aromatic ring is 1. The average molecular weight is 256 g/mol. The van der Waals surface area contributed by atoms with E-state index in [1.807, 2.05) is 0 Å². The third-order valence-electron chi connectivity index (χ3n) is 2.89. The summed E-state index contributed by atoms with van der Waals surface area (Å²) in [7, 11) is 1.63. The van der Waals surface area contributed by atoms with E-state index in [-0.39, 0.29) is 23.7 Å². The summed E-state index contributed by atoms with van der Waals surface area (Å²) >= 11 is 5.81. The number of nitrogens with two attached hydrogens (primary N) is 1. The van der Waals surface area contributed by atoms with Crippen molar-refractivity contribution in [3.05, 3.63) is 22.8 Å². The normalized spacial score (nSPS) is 23.9. The molecule has 2 unspecified atom stereocenters. The molecule has 17 heavy (non-hydrogen) atoms. The largest absolute Gasteiger partial charge is 0.383 e. The smallest absolute Gasteiger partial charge is 0.183 e. The highest BCUT2D eigenvalue weighted by Gasteiger charge is 2.31. The fourth-order valence-corrected chi connectivity index (χ4v) is 2.08. The quantitative estimate of drug-likeness (QED) is 0.784. The van der Waals surface area contributed by atoms with Crippen molar-refractivity contribution in [3.63, 3.8) is 0 Å². The zero-order chi connectivity index (χ0) is 12.4. The van der Waals surface area contributed by atoms with Gasteiger partial charge in [0.05, 0.1) is 22.7 Å². The van der Waals surface area contributed by atoms with Crippen LogP contribution in [0.4, 0.5) is 5.82 Å².